The molecule has 0 bridgehead atoms. The van der Waals surface area contributed by atoms with E-state index in [9.17, 15) is 13.6 Å². The summed E-state index contributed by atoms with van der Waals surface area (Å²) in [6, 6.07) is 18.5. The molecule has 0 aliphatic carbocycles. The Morgan fingerprint density at radius 2 is 1.77 bits per heavy atom. The minimum absolute atomic E-state index is 0.139. The predicted octanol–water partition coefficient (Wildman–Crippen LogP) is 6.36. The molecular weight excluding hydrogens is 604 g/mol. The molecule has 0 atom stereocenters. The smallest absolute Gasteiger partial charge is 0.270 e. The first-order chi connectivity index (χ1) is 22.6. The largest absolute Gasteiger partial charge is 0.379 e. The Kier molecular flexibility index (Phi) is 9.18. The number of ether oxygens (including phenoxy) is 1. The molecule has 3 N–H and O–H groups in total. The molecule has 47 heavy (non-hydrogen) atoms. The number of carbonyl (C=O) groups excluding carboxylic acids is 1. The van der Waals surface area contributed by atoms with Gasteiger partial charge in [0.25, 0.3) is 11.8 Å². The summed E-state index contributed by atoms with van der Waals surface area (Å²) in [6.45, 7) is 8.76. The fourth-order valence-corrected chi connectivity index (χ4v) is 5.14. The van der Waals surface area contributed by atoms with Crippen molar-refractivity contribution >= 4 is 34.7 Å². The second-order valence-electron chi connectivity index (χ2n) is 11.5. The lowest BCUT2D eigenvalue weighted by atomic mass is 10.1. The Morgan fingerprint density at radius 1 is 0.936 bits per heavy atom. The van der Waals surface area contributed by atoms with E-state index in [0.717, 1.165) is 56.6 Å². The van der Waals surface area contributed by atoms with Gasteiger partial charge in [0.2, 0.25) is 0 Å². The van der Waals surface area contributed by atoms with Gasteiger partial charge in [-0.2, -0.15) is 9.78 Å². The summed E-state index contributed by atoms with van der Waals surface area (Å²) >= 11 is 0. The van der Waals surface area contributed by atoms with E-state index in [1.807, 2.05) is 44.3 Å². The average Bonchev–Trinajstić information content (AvgIpc) is 3.43. The lowest BCUT2D eigenvalue weighted by Crippen LogP contribution is -2.35. The van der Waals surface area contributed by atoms with Crippen LogP contribution in [0.5, 0.6) is 0 Å². The van der Waals surface area contributed by atoms with E-state index < -0.39 is 11.8 Å². The molecule has 1 aliphatic rings. The van der Waals surface area contributed by atoms with Gasteiger partial charge in [-0.15, -0.1) is 0 Å². The standard InChI is InChI=1S/C34H35F2N9O2/c1-22-7-9-27(40-33(46)25-5-4-6-26(16-25)34(3,35)36)17-28(22)41-32-15-23(2)43-45(32)31-18-30(38-21-39-31)42-29-10-8-24(19-37-29)20-44-11-13-47-14-12-44/h4-10,15-19,21,41H,11-14,20H2,1-3H3,(H,40,46)(H,37,38,39,42). The van der Waals surface area contributed by atoms with Crippen molar-refractivity contribution in [3.63, 3.8) is 0 Å². The molecule has 6 rings (SSSR count). The van der Waals surface area contributed by atoms with Crippen LogP contribution in [0.4, 0.5) is 37.6 Å². The molecule has 242 valence electrons. The van der Waals surface area contributed by atoms with Gasteiger partial charge in [-0.05, 0) is 55.3 Å². The van der Waals surface area contributed by atoms with Gasteiger partial charge in [0, 0.05) is 67.4 Å². The molecule has 1 saturated heterocycles. The quantitative estimate of drug-likeness (QED) is 0.160. The van der Waals surface area contributed by atoms with Gasteiger partial charge in [0.1, 0.15) is 23.8 Å². The summed E-state index contributed by atoms with van der Waals surface area (Å²) in [6.07, 6.45) is 3.31. The van der Waals surface area contributed by atoms with Crippen molar-refractivity contribution in [2.24, 2.45) is 0 Å². The number of morpholine rings is 1. The first kappa shape index (κ1) is 31.7. The highest BCUT2D eigenvalue weighted by molar-refractivity contribution is 6.04. The maximum absolute atomic E-state index is 13.8. The van der Waals surface area contributed by atoms with Crippen LogP contribution >= 0.6 is 0 Å². The van der Waals surface area contributed by atoms with Crippen molar-refractivity contribution in [2.75, 3.05) is 42.3 Å². The van der Waals surface area contributed by atoms with Gasteiger partial charge in [-0.3, -0.25) is 9.69 Å². The van der Waals surface area contributed by atoms with Crippen LogP contribution in [0.1, 0.15) is 39.7 Å². The number of rotatable bonds is 10. The highest BCUT2D eigenvalue weighted by Crippen LogP contribution is 2.29. The lowest BCUT2D eigenvalue weighted by Gasteiger charge is -2.26. The van der Waals surface area contributed by atoms with Crippen LogP contribution in [0.25, 0.3) is 5.82 Å². The molecule has 11 nitrogen and oxygen atoms in total. The van der Waals surface area contributed by atoms with E-state index in [4.69, 9.17) is 4.74 Å². The number of aromatic nitrogens is 5. The van der Waals surface area contributed by atoms with Crippen molar-refractivity contribution in [1.29, 1.82) is 0 Å². The number of alkyl halides is 2. The van der Waals surface area contributed by atoms with Gasteiger partial charge in [-0.25, -0.2) is 23.7 Å². The van der Waals surface area contributed by atoms with Crippen LogP contribution in [0, 0.1) is 13.8 Å². The average molecular weight is 640 g/mol. The fourth-order valence-electron chi connectivity index (χ4n) is 5.14. The highest BCUT2D eigenvalue weighted by Gasteiger charge is 2.25. The summed E-state index contributed by atoms with van der Waals surface area (Å²) in [5.74, 6) is -1.17. The van der Waals surface area contributed by atoms with E-state index in [-0.39, 0.29) is 11.1 Å². The number of benzene rings is 2. The number of hydrogen-bond donors (Lipinski definition) is 3. The first-order valence-corrected chi connectivity index (χ1v) is 15.2. The number of nitrogens with zero attached hydrogens (tertiary/aromatic N) is 6. The van der Waals surface area contributed by atoms with Gasteiger partial charge in [0.15, 0.2) is 5.82 Å². The maximum atomic E-state index is 13.8. The first-order valence-electron chi connectivity index (χ1n) is 15.2. The minimum atomic E-state index is -3.05. The van der Waals surface area contributed by atoms with Crippen LogP contribution in [0.3, 0.4) is 0 Å². The van der Waals surface area contributed by atoms with Crippen LogP contribution in [0.2, 0.25) is 0 Å². The van der Waals surface area contributed by atoms with Crippen LogP contribution in [-0.4, -0.2) is 61.8 Å². The van der Waals surface area contributed by atoms with Crippen molar-refractivity contribution in [2.45, 2.75) is 33.2 Å². The number of aryl methyl sites for hydroxylation is 2. The number of hydrogen-bond acceptors (Lipinski definition) is 9. The normalized spacial score (nSPS) is 13.7. The second kappa shape index (κ2) is 13.6. The van der Waals surface area contributed by atoms with Gasteiger partial charge < -0.3 is 20.7 Å². The van der Waals surface area contributed by atoms with Gasteiger partial charge in [-0.1, -0.05) is 24.3 Å². The lowest BCUT2D eigenvalue weighted by molar-refractivity contribution is 0.0174. The zero-order chi connectivity index (χ0) is 33.0. The van der Waals surface area contributed by atoms with E-state index >= 15 is 0 Å². The Bertz CT molecular complexity index is 1870. The molecule has 0 unspecified atom stereocenters. The SMILES string of the molecule is Cc1cc(Nc2cc(NC(=O)c3cccc(C(C)(F)F)c3)ccc2C)n(-c2cc(Nc3ccc(CN4CCOCC4)cn3)ncn2)n1. The number of pyridine rings is 1. The molecule has 0 saturated carbocycles. The third-order valence-corrected chi connectivity index (χ3v) is 7.68. The Morgan fingerprint density at radius 3 is 2.53 bits per heavy atom. The molecule has 0 radical (unpaired) electrons. The van der Waals surface area contributed by atoms with Crippen LogP contribution in [-0.2, 0) is 17.2 Å². The molecule has 1 aliphatic heterocycles. The van der Waals surface area contributed by atoms with Crippen LogP contribution in [0.15, 0.2) is 79.3 Å². The molecule has 4 heterocycles. The summed E-state index contributed by atoms with van der Waals surface area (Å²) in [5.41, 5.74) is 3.92. The molecule has 5 aromatic rings. The monoisotopic (exact) mass is 639 g/mol. The zero-order valence-electron chi connectivity index (χ0n) is 26.3. The number of nitrogens with one attached hydrogen (secondary N) is 3. The summed E-state index contributed by atoms with van der Waals surface area (Å²) in [4.78, 5) is 28.6. The molecule has 1 amide bonds. The zero-order valence-corrected chi connectivity index (χ0v) is 26.3. The molecule has 1 fully saturated rings. The number of carbonyl (C=O) groups is 1. The number of halogens is 2. The van der Waals surface area contributed by atoms with E-state index in [0.29, 0.717) is 34.6 Å². The third-order valence-electron chi connectivity index (χ3n) is 7.68. The molecule has 3 aromatic heterocycles. The molecule has 13 heteroatoms. The van der Waals surface area contributed by atoms with Gasteiger partial charge in [0.05, 0.1) is 18.9 Å². The summed E-state index contributed by atoms with van der Waals surface area (Å²) in [5, 5.41) is 14.1. The third kappa shape index (κ3) is 7.94. The Hall–Kier alpha value is -5.27. The van der Waals surface area contributed by atoms with Crippen molar-refractivity contribution in [1.82, 2.24) is 29.6 Å². The van der Waals surface area contributed by atoms with Crippen LogP contribution < -0.4 is 16.0 Å². The van der Waals surface area contributed by atoms with Crippen molar-refractivity contribution < 1.29 is 18.3 Å². The molecule has 2 aromatic carbocycles. The Labute approximate surface area is 271 Å². The highest BCUT2D eigenvalue weighted by atomic mass is 19.3. The number of amides is 1. The Balaban J connectivity index is 1.16. The van der Waals surface area contributed by atoms with Crippen molar-refractivity contribution in [3.8, 4) is 5.82 Å². The number of anilines is 5. The molecular formula is C34H35F2N9O2. The van der Waals surface area contributed by atoms with E-state index in [1.165, 1.54) is 30.6 Å². The predicted molar refractivity (Wildman–Crippen MR) is 176 cm³/mol. The summed E-state index contributed by atoms with van der Waals surface area (Å²) < 4.78 is 34.7. The van der Waals surface area contributed by atoms with E-state index in [1.54, 1.807) is 22.9 Å². The second-order valence-corrected chi connectivity index (χ2v) is 11.5. The van der Waals surface area contributed by atoms with Gasteiger partial charge >= 0.3 is 0 Å². The molecule has 0 spiro atoms. The van der Waals surface area contributed by atoms with E-state index in [2.05, 4.69) is 40.9 Å². The maximum Gasteiger partial charge on any atom is 0.270 e. The summed E-state index contributed by atoms with van der Waals surface area (Å²) in [7, 11) is 0. The topological polar surface area (TPSA) is 122 Å². The fraction of sp³-hybridized carbons (Fsp3) is 0.265. The van der Waals surface area contributed by atoms with Crippen molar-refractivity contribution in [3.05, 3.63) is 107 Å². The minimum Gasteiger partial charge on any atom is -0.379 e.